The highest BCUT2D eigenvalue weighted by molar-refractivity contribution is 7.13. The Labute approximate surface area is 95.0 Å². The molecule has 3 heteroatoms. The molecule has 2 nitrogen and oxygen atoms in total. The highest BCUT2D eigenvalue weighted by atomic mass is 32.1. The van der Waals surface area contributed by atoms with Gasteiger partial charge in [0.15, 0.2) is 0 Å². The standard InChI is InChI=1S/C10H10N2S.C2H6/c1-8-2-4-9(5-3-8)12-10-6-11-7-13-10;1-2/h2-7,12H,1H3;1-2H3. The molecule has 0 radical (unpaired) electrons. The summed E-state index contributed by atoms with van der Waals surface area (Å²) in [6, 6.07) is 8.30. The Kier molecular flexibility index (Phi) is 4.84. The molecule has 0 amide bonds. The van der Waals surface area contributed by atoms with Crippen LogP contribution < -0.4 is 5.32 Å². The normalized spacial score (nSPS) is 9.00. The second-order valence-corrected chi connectivity index (χ2v) is 3.74. The zero-order chi connectivity index (χ0) is 11.1. The average molecular weight is 220 g/mol. The molecule has 0 fully saturated rings. The first kappa shape index (κ1) is 11.7. The zero-order valence-electron chi connectivity index (χ0n) is 9.32. The van der Waals surface area contributed by atoms with Crippen LogP contribution in [0, 0.1) is 6.92 Å². The average Bonchev–Trinajstić information content (AvgIpc) is 2.77. The smallest absolute Gasteiger partial charge is 0.113 e. The second-order valence-electron chi connectivity index (χ2n) is 2.86. The minimum absolute atomic E-state index is 1.07. The van der Waals surface area contributed by atoms with E-state index in [9.17, 15) is 0 Å². The Morgan fingerprint density at radius 1 is 1.13 bits per heavy atom. The molecule has 15 heavy (non-hydrogen) atoms. The number of hydrogen-bond acceptors (Lipinski definition) is 3. The van der Waals surface area contributed by atoms with Crippen LogP contribution in [0.5, 0.6) is 0 Å². The van der Waals surface area contributed by atoms with Crippen molar-refractivity contribution >= 4 is 22.0 Å². The van der Waals surface area contributed by atoms with E-state index in [2.05, 4.69) is 41.5 Å². The number of anilines is 2. The number of nitrogens with zero attached hydrogens (tertiary/aromatic N) is 1. The Morgan fingerprint density at radius 3 is 2.33 bits per heavy atom. The third-order valence-corrected chi connectivity index (χ3v) is 2.44. The van der Waals surface area contributed by atoms with Crippen LogP contribution in [-0.2, 0) is 0 Å². The van der Waals surface area contributed by atoms with E-state index in [1.54, 1.807) is 11.3 Å². The topological polar surface area (TPSA) is 24.9 Å². The first-order chi connectivity index (χ1) is 7.34. The van der Waals surface area contributed by atoms with Crippen molar-refractivity contribution in [1.82, 2.24) is 4.98 Å². The van der Waals surface area contributed by atoms with Crippen molar-refractivity contribution in [2.24, 2.45) is 0 Å². The Balaban J connectivity index is 0.000000531. The Hall–Kier alpha value is -1.35. The lowest BCUT2D eigenvalue weighted by Gasteiger charge is -2.02. The quantitative estimate of drug-likeness (QED) is 0.819. The fraction of sp³-hybridized carbons (Fsp3) is 0.250. The van der Waals surface area contributed by atoms with Crippen molar-refractivity contribution in [2.45, 2.75) is 20.8 Å². The van der Waals surface area contributed by atoms with Crippen LogP contribution in [0.4, 0.5) is 10.7 Å². The molecule has 1 heterocycles. The number of rotatable bonds is 2. The minimum Gasteiger partial charge on any atom is -0.346 e. The van der Waals surface area contributed by atoms with Gasteiger partial charge in [-0.15, -0.1) is 11.3 Å². The predicted molar refractivity (Wildman–Crippen MR) is 67.9 cm³/mol. The SMILES string of the molecule is CC.Cc1ccc(Nc2cncs2)cc1. The first-order valence-corrected chi connectivity index (χ1v) is 5.95. The van der Waals surface area contributed by atoms with E-state index in [1.165, 1.54) is 5.56 Å². The molecule has 0 spiro atoms. The van der Waals surface area contributed by atoms with Crippen LogP contribution in [0.2, 0.25) is 0 Å². The minimum atomic E-state index is 1.07. The van der Waals surface area contributed by atoms with Crippen LogP contribution in [0.1, 0.15) is 19.4 Å². The predicted octanol–water partition coefficient (Wildman–Crippen LogP) is 4.22. The molecular weight excluding hydrogens is 204 g/mol. The maximum Gasteiger partial charge on any atom is 0.113 e. The van der Waals surface area contributed by atoms with E-state index in [-0.39, 0.29) is 0 Å². The summed E-state index contributed by atoms with van der Waals surface area (Å²) >= 11 is 1.60. The molecule has 2 rings (SSSR count). The van der Waals surface area contributed by atoms with Gasteiger partial charge in [0.1, 0.15) is 5.00 Å². The van der Waals surface area contributed by atoms with Crippen LogP contribution in [0.15, 0.2) is 36.0 Å². The lowest BCUT2D eigenvalue weighted by molar-refractivity contribution is 1.41. The molecular formula is C12H16N2S. The molecule has 1 aromatic carbocycles. The summed E-state index contributed by atoms with van der Waals surface area (Å²) in [6.07, 6.45) is 1.82. The highest BCUT2D eigenvalue weighted by Crippen LogP contribution is 2.19. The van der Waals surface area contributed by atoms with E-state index in [0.29, 0.717) is 0 Å². The van der Waals surface area contributed by atoms with Gasteiger partial charge in [0, 0.05) is 5.69 Å². The summed E-state index contributed by atoms with van der Waals surface area (Å²) in [4.78, 5) is 3.99. The van der Waals surface area contributed by atoms with Crippen LogP contribution in [0.3, 0.4) is 0 Å². The molecule has 2 aromatic rings. The van der Waals surface area contributed by atoms with Crippen molar-refractivity contribution in [1.29, 1.82) is 0 Å². The van der Waals surface area contributed by atoms with E-state index in [0.717, 1.165) is 10.7 Å². The number of hydrogen-bond donors (Lipinski definition) is 1. The number of nitrogens with one attached hydrogen (secondary N) is 1. The third-order valence-electron chi connectivity index (χ3n) is 1.75. The van der Waals surface area contributed by atoms with Gasteiger partial charge < -0.3 is 5.32 Å². The van der Waals surface area contributed by atoms with Gasteiger partial charge in [-0.2, -0.15) is 0 Å². The molecule has 0 saturated carbocycles. The summed E-state index contributed by atoms with van der Waals surface area (Å²) in [5, 5.41) is 4.34. The summed E-state index contributed by atoms with van der Waals surface area (Å²) in [6.45, 7) is 6.08. The lowest BCUT2D eigenvalue weighted by atomic mass is 10.2. The molecule has 80 valence electrons. The monoisotopic (exact) mass is 220 g/mol. The third kappa shape index (κ3) is 3.72. The van der Waals surface area contributed by atoms with Crippen molar-refractivity contribution in [3.05, 3.63) is 41.5 Å². The maximum absolute atomic E-state index is 3.99. The van der Waals surface area contributed by atoms with Crippen molar-refractivity contribution in [3.8, 4) is 0 Å². The molecule has 0 aliphatic heterocycles. The number of aromatic nitrogens is 1. The van der Waals surface area contributed by atoms with Crippen LogP contribution in [-0.4, -0.2) is 4.98 Å². The van der Waals surface area contributed by atoms with Gasteiger partial charge in [0.2, 0.25) is 0 Å². The van der Waals surface area contributed by atoms with Crippen LogP contribution in [0.25, 0.3) is 0 Å². The molecule has 0 bridgehead atoms. The van der Waals surface area contributed by atoms with Gasteiger partial charge in [0.25, 0.3) is 0 Å². The van der Waals surface area contributed by atoms with E-state index >= 15 is 0 Å². The number of benzene rings is 1. The molecule has 0 saturated heterocycles. The van der Waals surface area contributed by atoms with Crippen LogP contribution >= 0.6 is 11.3 Å². The van der Waals surface area contributed by atoms with Gasteiger partial charge in [-0.3, -0.25) is 4.98 Å². The van der Waals surface area contributed by atoms with Gasteiger partial charge >= 0.3 is 0 Å². The summed E-state index contributed by atoms with van der Waals surface area (Å²) in [5.41, 5.74) is 4.20. The zero-order valence-corrected chi connectivity index (χ0v) is 10.1. The van der Waals surface area contributed by atoms with Gasteiger partial charge in [0.05, 0.1) is 11.7 Å². The summed E-state index contributed by atoms with van der Waals surface area (Å²) in [7, 11) is 0. The van der Waals surface area contributed by atoms with E-state index in [1.807, 2.05) is 25.6 Å². The van der Waals surface area contributed by atoms with Crippen molar-refractivity contribution in [2.75, 3.05) is 5.32 Å². The molecule has 1 aromatic heterocycles. The largest absolute Gasteiger partial charge is 0.346 e. The van der Waals surface area contributed by atoms with Gasteiger partial charge in [-0.05, 0) is 19.1 Å². The summed E-state index contributed by atoms with van der Waals surface area (Å²) in [5.74, 6) is 0. The van der Waals surface area contributed by atoms with Crippen molar-refractivity contribution < 1.29 is 0 Å². The molecule has 0 aliphatic carbocycles. The number of aryl methyl sites for hydroxylation is 1. The Morgan fingerprint density at radius 2 is 1.80 bits per heavy atom. The van der Waals surface area contributed by atoms with Gasteiger partial charge in [-0.1, -0.05) is 31.5 Å². The maximum atomic E-state index is 3.99. The fourth-order valence-corrected chi connectivity index (χ4v) is 1.59. The molecule has 0 atom stereocenters. The van der Waals surface area contributed by atoms with Gasteiger partial charge in [-0.25, -0.2) is 0 Å². The fourth-order valence-electron chi connectivity index (χ4n) is 1.06. The Bertz CT molecular complexity index is 365. The second kappa shape index (κ2) is 6.19. The first-order valence-electron chi connectivity index (χ1n) is 5.07. The summed E-state index contributed by atoms with van der Waals surface area (Å²) < 4.78 is 0. The van der Waals surface area contributed by atoms with E-state index in [4.69, 9.17) is 0 Å². The van der Waals surface area contributed by atoms with E-state index < -0.39 is 0 Å². The highest BCUT2D eigenvalue weighted by Gasteiger charge is 1.94. The molecule has 0 unspecified atom stereocenters. The molecule has 1 N–H and O–H groups in total. The lowest BCUT2D eigenvalue weighted by Crippen LogP contribution is -1.86. The molecule has 0 aliphatic rings. The van der Waals surface area contributed by atoms with Crippen molar-refractivity contribution in [3.63, 3.8) is 0 Å². The number of thiazole rings is 1.